The number of hydrogen-bond donors (Lipinski definition) is 0. The Hall–Kier alpha value is -3.90. The van der Waals surface area contributed by atoms with Gasteiger partial charge in [-0.1, -0.05) is 94.9 Å². The maximum absolute atomic E-state index is 11.6. The van der Waals surface area contributed by atoms with Crippen molar-refractivity contribution in [2.24, 2.45) is 5.92 Å². The second-order valence-corrected chi connectivity index (χ2v) is 10.1. The Morgan fingerprint density at radius 1 is 0.763 bits per heavy atom. The van der Waals surface area contributed by atoms with Gasteiger partial charge in [0.1, 0.15) is 25.6 Å². The lowest BCUT2D eigenvalue weighted by molar-refractivity contribution is -0.282. The number of ether oxygens (including phenoxy) is 2. The molecule has 0 aliphatic heterocycles. The second kappa shape index (κ2) is 13.1. The van der Waals surface area contributed by atoms with Gasteiger partial charge in [-0.15, -0.1) is 0 Å². The topological polar surface area (TPSA) is 71.1 Å². The van der Waals surface area contributed by atoms with Crippen LogP contribution in [0.4, 0.5) is 0 Å². The zero-order valence-electron chi connectivity index (χ0n) is 22.8. The molecule has 0 aliphatic carbocycles. The SMILES string of the molecule is C=C(C)C(=O)OCc1ccc(C(C)(C)c2ccc(OCc3ccc(COOC(=O)C(C)C)cc3)cc2)cc1. The molecule has 0 aliphatic rings. The molecule has 0 amide bonds. The first kappa shape index (κ1) is 28.7. The monoisotopic (exact) mass is 516 g/mol. The Kier molecular flexibility index (Phi) is 9.85. The summed E-state index contributed by atoms with van der Waals surface area (Å²) in [6.07, 6.45) is 0. The first-order chi connectivity index (χ1) is 18.1. The van der Waals surface area contributed by atoms with Crippen LogP contribution in [-0.2, 0) is 49.3 Å². The largest absolute Gasteiger partial charge is 0.489 e. The van der Waals surface area contributed by atoms with E-state index in [1.54, 1.807) is 20.8 Å². The van der Waals surface area contributed by atoms with Crippen LogP contribution in [0.1, 0.15) is 62.4 Å². The summed E-state index contributed by atoms with van der Waals surface area (Å²) >= 11 is 0. The first-order valence-corrected chi connectivity index (χ1v) is 12.6. The molecule has 0 heterocycles. The summed E-state index contributed by atoms with van der Waals surface area (Å²) in [5.41, 5.74) is 5.34. The molecule has 0 bridgehead atoms. The lowest BCUT2D eigenvalue weighted by Crippen LogP contribution is -2.18. The molecule has 3 rings (SSSR count). The van der Waals surface area contributed by atoms with E-state index in [4.69, 9.17) is 19.2 Å². The van der Waals surface area contributed by atoms with Crippen molar-refractivity contribution in [2.75, 3.05) is 0 Å². The number of esters is 1. The van der Waals surface area contributed by atoms with Crippen LogP contribution in [-0.4, -0.2) is 11.9 Å². The van der Waals surface area contributed by atoms with Crippen LogP contribution in [0, 0.1) is 5.92 Å². The van der Waals surface area contributed by atoms with Crippen LogP contribution >= 0.6 is 0 Å². The maximum atomic E-state index is 11.6. The third-order valence-corrected chi connectivity index (χ3v) is 6.24. The molecule has 0 saturated heterocycles. The highest BCUT2D eigenvalue weighted by atomic mass is 17.2. The van der Waals surface area contributed by atoms with E-state index < -0.39 is 0 Å². The van der Waals surface area contributed by atoms with Crippen molar-refractivity contribution in [3.63, 3.8) is 0 Å². The minimum Gasteiger partial charge on any atom is -0.489 e. The molecule has 38 heavy (non-hydrogen) atoms. The summed E-state index contributed by atoms with van der Waals surface area (Å²) in [5, 5.41) is 0. The Balaban J connectivity index is 1.52. The van der Waals surface area contributed by atoms with Gasteiger partial charge in [0, 0.05) is 11.0 Å². The van der Waals surface area contributed by atoms with Crippen molar-refractivity contribution in [1.82, 2.24) is 0 Å². The molecule has 3 aromatic carbocycles. The fourth-order valence-electron chi connectivity index (χ4n) is 3.57. The third-order valence-electron chi connectivity index (χ3n) is 6.24. The first-order valence-electron chi connectivity index (χ1n) is 12.6. The van der Waals surface area contributed by atoms with Gasteiger partial charge in [0.15, 0.2) is 0 Å². The van der Waals surface area contributed by atoms with Crippen LogP contribution in [0.15, 0.2) is 84.9 Å². The molecule has 3 aromatic rings. The standard InChI is InChI=1S/C32H36O6/c1-22(2)30(33)36-20-25-11-13-27(14-12-25)32(5,6)28-15-17-29(18-16-28)35-19-24-7-9-26(10-8-24)21-37-38-31(34)23(3)4/h7-18,23H,1,19-21H2,2-6H3. The smallest absolute Gasteiger partial charge is 0.344 e. The molecule has 200 valence electrons. The Morgan fingerprint density at radius 3 is 1.76 bits per heavy atom. The molecule has 0 saturated carbocycles. The highest BCUT2D eigenvalue weighted by Gasteiger charge is 2.23. The van der Waals surface area contributed by atoms with Gasteiger partial charge < -0.3 is 9.47 Å². The summed E-state index contributed by atoms with van der Waals surface area (Å²) in [5.74, 6) is -0.217. The van der Waals surface area contributed by atoms with Crippen LogP contribution < -0.4 is 4.74 Å². The zero-order valence-corrected chi connectivity index (χ0v) is 22.8. The fraction of sp³-hybridized carbons (Fsp3) is 0.312. The van der Waals surface area contributed by atoms with Crippen LogP contribution in [0.25, 0.3) is 0 Å². The van der Waals surface area contributed by atoms with Gasteiger partial charge in [-0.05, 0) is 46.9 Å². The maximum Gasteiger partial charge on any atom is 0.344 e. The average molecular weight is 517 g/mol. The van der Waals surface area contributed by atoms with E-state index in [9.17, 15) is 9.59 Å². The van der Waals surface area contributed by atoms with Gasteiger partial charge in [-0.3, -0.25) is 4.89 Å². The Bertz CT molecular complexity index is 1220. The normalized spacial score (nSPS) is 11.2. The van der Waals surface area contributed by atoms with E-state index in [0.29, 0.717) is 12.2 Å². The molecule has 0 fully saturated rings. The van der Waals surface area contributed by atoms with E-state index in [2.05, 4.69) is 44.7 Å². The zero-order chi connectivity index (χ0) is 27.7. The molecule has 0 spiro atoms. The van der Waals surface area contributed by atoms with E-state index in [1.165, 1.54) is 0 Å². The summed E-state index contributed by atoms with van der Waals surface area (Å²) < 4.78 is 11.2. The van der Waals surface area contributed by atoms with Gasteiger partial charge in [-0.25, -0.2) is 9.59 Å². The minimum atomic E-state index is -0.388. The van der Waals surface area contributed by atoms with Gasteiger partial charge in [-0.2, -0.15) is 4.89 Å². The molecule has 6 heteroatoms. The summed E-state index contributed by atoms with van der Waals surface area (Å²) in [4.78, 5) is 32.8. The summed E-state index contributed by atoms with van der Waals surface area (Å²) in [6, 6.07) is 24.0. The Morgan fingerprint density at radius 2 is 1.24 bits per heavy atom. The molecule has 0 N–H and O–H groups in total. The molecule has 0 radical (unpaired) electrons. The highest BCUT2D eigenvalue weighted by Crippen LogP contribution is 2.32. The van der Waals surface area contributed by atoms with Gasteiger partial charge in [0.25, 0.3) is 0 Å². The lowest BCUT2D eigenvalue weighted by Gasteiger charge is -2.26. The van der Waals surface area contributed by atoms with E-state index >= 15 is 0 Å². The number of benzene rings is 3. The number of hydrogen-bond acceptors (Lipinski definition) is 6. The predicted molar refractivity (Wildman–Crippen MR) is 146 cm³/mol. The highest BCUT2D eigenvalue weighted by molar-refractivity contribution is 5.86. The van der Waals surface area contributed by atoms with Crippen LogP contribution in [0.5, 0.6) is 5.75 Å². The van der Waals surface area contributed by atoms with Crippen LogP contribution in [0.3, 0.4) is 0 Å². The number of rotatable bonds is 12. The average Bonchev–Trinajstić information content (AvgIpc) is 2.91. The van der Waals surface area contributed by atoms with E-state index in [-0.39, 0.29) is 36.5 Å². The minimum absolute atomic E-state index is 0.196. The molecule has 6 nitrogen and oxygen atoms in total. The van der Waals surface area contributed by atoms with Crippen molar-refractivity contribution < 1.29 is 28.8 Å². The van der Waals surface area contributed by atoms with Crippen molar-refractivity contribution in [3.8, 4) is 5.75 Å². The van der Waals surface area contributed by atoms with Crippen molar-refractivity contribution >= 4 is 11.9 Å². The van der Waals surface area contributed by atoms with Crippen molar-refractivity contribution in [3.05, 3.63) is 113 Å². The second-order valence-electron chi connectivity index (χ2n) is 10.1. The van der Waals surface area contributed by atoms with E-state index in [0.717, 1.165) is 33.6 Å². The summed E-state index contributed by atoms with van der Waals surface area (Å²) in [6.45, 7) is 13.9. The van der Waals surface area contributed by atoms with Gasteiger partial charge >= 0.3 is 11.9 Å². The number of carbonyl (C=O) groups excluding carboxylic acids is 2. The molecular formula is C32H36O6. The summed E-state index contributed by atoms with van der Waals surface area (Å²) in [7, 11) is 0. The van der Waals surface area contributed by atoms with Gasteiger partial charge in [0.2, 0.25) is 0 Å². The third kappa shape index (κ3) is 8.05. The molecule has 0 unspecified atom stereocenters. The fourth-order valence-corrected chi connectivity index (χ4v) is 3.57. The van der Waals surface area contributed by atoms with E-state index in [1.807, 2.05) is 48.5 Å². The Labute approximate surface area is 225 Å². The molecule has 0 aromatic heterocycles. The lowest BCUT2D eigenvalue weighted by atomic mass is 9.78. The van der Waals surface area contributed by atoms with Crippen molar-refractivity contribution in [1.29, 1.82) is 0 Å². The number of carbonyl (C=O) groups is 2. The molecular weight excluding hydrogens is 480 g/mol. The molecule has 0 atom stereocenters. The van der Waals surface area contributed by atoms with Gasteiger partial charge in [0.05, 0.1) is 5.92 Å². The quantitative estimate of drug-likeness (QED) is 0.114. The predicted octanol–water partition coefficient (Wildman–Crippen LogP) is 6.84. The van der Waals surface area contributed by atoms with Crippen LogP contribution in [0.2, 0.25) is 0 Å². The van der Waals surface area contributed by atoms with Crippen molar-refractivity contribution in [2.45, 2.75) is 59.9 Å².